The highest BCUT2D eigenvalue weighted by Crippen LogP contribution is 2.20. The first-order valence-corrected chi connectivity index (χ1v) is 37.0. The van der Waals surface area contributed by atoms with E-state index in [1.54, 1.807) is 0 Å². The maximum absolute atomic E-state index is 11.2. The van der Waals surface area contributed by atoms with E-state index >= 15 is 0 Å². The highest BCUT2D eigenvalue weighted by atomic mass is 35.5. The van der Waals surface area contributed by atoms with Gasteiger partial charge in [0.1, 0.15) is 74.6 Å². The molecule has 0 fully saturated rings. The van der Waals surface area contributed by atoms with Gasteiger partial charge >= 0.3 is 0 Å². The van der Waals surface area contributed by atoms with Gasteiger partial charge in [-0.3, -0.25) is 28.8 Å². The number of Topliss-reactive ketones (excluding diaryl/α,β-unsaturated/α-hetero) is 6. The molecule has 6 heterocycles. The minimum absolute atomic E-state index is 0.320. The summed E-state index contributed by atoms with van der Waals surface area (Å²) < 4.78 is 0. The number of benzene rings is 6. The normalized spacial score (nSPS) is 10.7. The zero-order valence-electron chi connectivity index (χ0n) is 62.2. The van der Waals surface area contributed by atoms with Crippen molar-refractivity contribution in [3.05, 3.63) is 354 Å². The van der Waals surface area contributed by atoms with Crippen molar-refractivity contribution in [2.24, 2.45) is 0 Å². The Morgan fingerprint density at radius 3 is 0.912 bits per heavy atom. The summed E-state index contributed by atoms with van der Waals surface area (Å²) in [5.41, 5.74) is 10.3. The van der Waals surface area contributed by atoms with E-state index in [0.717, 1.165) is 73.1 Å². The molecule has 0 amide bonds. The van der Waals surface area contributed by atoms with Gasteiger partial charge in [0.05, 0.1) is 33.4 Å². The van der Waals surface area contributed by atoms with Gasteiger partial charge in [0, 0.05) is 128 Å². The first kappa shape index (κ1) is 88.7. The van der Waals surface area contributed by atoms with Gasteiger partial charge in [-0.15, -0.1) is 0 Å². The molecule has 582 valence electrons. The molecule has 0 aliphatic heterocycles. The minimum Gasteiger partial charge on any atom is -0.388 e. The van der Waals surface area contributed by atoms with Gasteiger partial charge in [-0.1, -0.05) is 175 Å². The van der Waals surface area contributed by atoms with E-state index in [4.69, 9.17) is 65.4 Å². The predicted octanol–water partition coefficient (Wildman–Crippen LogP) is 11.5. The maximum atomic E-state index is 11.2. The molecular formula is C86H85Cl3N12O12. The molecule has 27 heteroatoms. The Morgan fingerprint density at radius 1 is 0.292 bits per heavy atom. The first-order chi connectivity index (χ1) is 54.8. The maximum Gasteiger partial charge on any atom is 0.191 e. The van der Waals surface area contributed by atoms with E-state index < -0.39 is 39.6 Å². The number of hydrogen-bond donors (Lipinski definition) is 6. The molecule has 6 aromatic heterocycles. The van der Waals surface area contributed by atoms with Crippen LogP contribution in [0, 0.1) is 6.92 Å². The molecule has 1 unspecified atom stereocenters. The lowest BCUT2D eigenvalue weighted by atomic mass is 9.97. The van der Waals surface area contributed by atoms with Gasteiger partial charge in [-0.25, -0.2) is 59.8 Å². The summed E-state index contributed by atoms with van der Waals surface area (Å²) in [5.74, 6) is 2.21. The number of aliphatic hydroxyl groups excluding tert-OH is 6. The fourth-order valence-corrected chi connectivity index (χ4v) is 10.7. The van der Waals surface area contributed by atoms with Crippen LogP contribution in [0.3, 0.4) is 0 Å². The van der Waals surface area contributed by atoms with Crippen molar-refractivity contribution >= 4 is 69.5 Å². The number of nitrogens with zero attached hydrogens (tertiary/aromatic N) is 12. The molecule has 12 aromatic rings. The van der Waals surface area contributed by atoms with Crippen LogP contribution in [0.25, 0.3) is 0 Å². The molecule has 24 nitrogen and oxygen atoms in total. The van der Waals surface area contributed by atoms with Gasteiger partial charge in [0.25, 0.3) is 0 Å². The standard InChI is InChI=1S/2C15H16N2O2.3C14H13ClN2O2.C14H14N2O2/c1-11-2-4-12(5-3-11)6-7-15-16-8-13(9-17-15)14(19)10-18;1-11(12-5-3-2-4-6-12)7-15-16-8-13(9-17-15)14(19)10-18;15-12-4-1-10(2-5-12)3-6-14-16-7-11(8-17-14)13(19)9-18;15-12-3-1-2-10(6-12)4-5-14-16-7-11(8-17-14)13(19)9-18;15-12-4-2-1-3-10(12)5-6-14-16-7-11(8-17-14)13(19)9-18;17-10-13(18)12-8-15-14(16-9-12)7-6-11-4-2-1-3-5-11/h2-5,8-9,18H,6-7,10H2,1H3;2-6,8-9,11,18H,7,10H2,1H3;1-2,4-5,7-8,18H,3,6,9H2;1-3,6-8,18H,4-5,9H2;1-4,7-8,18H,5-6,9H2;1-5,8-9,17H,6-7,10H2. The largest absolute Gasteiger partial charge is 0.388 e. The van der Waals surface area contributed by atoms with Gasteiger partial charge in [-0.2, -0.15) is 0 Å². The average molecular weight is 1590 g/mol. The van der Waals surface area contributed by atoms with E-state index in [1.807, 2.05) is 109 Å². The number of rotatable bonds is 30. The SMILES string of the molecule is CC(Cc1ncc(C(=O)CO)cn1)c1ccccc1.Cc1ccc(CCc2ncc(C(=O)CO)cn2)cc1.O=C(CO)c1cnc(CCc2ccc(Cl)cc2)nc1.O=C(CO)c1cnc(CCc2cccc(Cl)c2)nc1.O=C(CO)c1cnc(CCc2ccccc2)nc1.O=C(CO)c1cnc(CCc2ccccc2Cl)nc1. The van der Waals surface area contributed by atoms with Crippen LogP contribution in [0.5, 0.6) is 0 Å². The molecule has 0 saturated carbocycles. The van der Waals surface area contributed by atoms with Crippen molar-refractivity contribution in [3.8, 4) is 0 Å². The van der Waals surface area contributed by atoms with Crippen molar-refractivity contribution in [2.75, 3.05) is 39.6 Å². The van der Waals surface area contributed by atoms with Gasteiger partial charge < -0.3 is 30.6 Å². The van der Waals surface area contributed by atoms with Crippen LogP contribution in [-0.4, -0.2) is 165 Å². The minimum atomic E-state index is -0.525. The molecule has 0 radical (unpaired) electrons. The average Bonchev–Trinajstić information content (AvgIpc) is 0.881. The van der Waals surface area contributed by atoms with Crippen LogP contribution >= 0.6 is 34.8 Å². The second kappa shape index (κ2) is 49.0. The van der Waals surface area contributed by atoms with Crippen LogP contribution < -0.4 is 0 Å². The third kappa shape index (κ3) is 32.0. The molecule has 113 heavy (non-hydrogen) atoms. The number of aliphatic hydroxyl groups is 6. The van der Waals surface area contributed by atoms with Crippen LogP contribution in [0.1, 0.15) is 149 Å². The Kier molecular flexibility index (Phi) is 38.4. The molecule has 12 rings (SSSR count). The quantitative estimate of drug-likeness (QED) is 0.0228. The van der Waals surface area contributed by atoms with Crippen LogP contribution in [0.15, 0.2) is 232 Å². The summed E-state index contributed by atoms with van der Waals surface area (Å²) in [4.78, 5) is 117. The van der Waals surface area contributed by atoms with Crippen molar-refractivity contribution in [3.63, 3.8) is 0 Å². The van der Waals surface area contributed by atoms with Crippen molar-refractivity contribution < 1.29 is 59.4 Å². The molecule has 0 aliphatic carbocycles. The lowest BCUT2D eigenvalue weighted by Gasteiger charge is -2.10. The molecule has 0 bridgehead atoms. The topological polar surface area (TPSA) is 378 Å². The highest BCUT2D eigenvalue weighted by molar-refractivity contribution is 6.31. The van der Waals surface area contributed by atoms with Crippen molar-refractivity contribution in [1.29, 1.82) is 0 Å². The van der Waals surface area contributed by atoms with Crippen LogP contribution in [0.2, 0.25) is 15.1 Å². The predicted molar refractivity (Wildman–Crippen MR) is 428 cm³/mol. The van der Waals surface area contributed by atoms with Crippen molar-refractivity contribution in [1.82, 2.24) is 59.8 Å². The number of carbonyl (C=O) groups excluding carboxylic acids is 6. The summed E-state index contributed by atoms with van der Waals surface area (Å²) >= 11 is 17.8. The second-order valence-corrected chi connectivity index (χ2v) is 26.4. The Hall–Kier alpha value is -11.6. The van der Waals surface area contributed by atoms with Gasteiger partial charge in [0.2, 0.25) is 0 Å². The van der Waals surface area contributed by atoms with E-state index in [2.05, 4.69) is 122 Å². The van der Waals surface area contributed by atoms with Crippen molar-refractivity contribution in [2.45, 2.75) is 90.4 Å². The number of aryl methyl sites for hydroxylation is 11. The lowest BCUT2D eigenvalue weighted by molar-refractivity contribution is 0.0897. The Morgan fingerprint density at radius 2 is 0.575 bits per heavy atom. The van der Waals surface area contributed by atoms with Gasteiger partial charge in [0.15, 0.2) is 34.7 Å². The summed E-state index contributed by atoms with van der Waals surface area (Å²) in [7, 11) is 0. The number of ketones is 6. The summed E-state index contributed by atoms with van der Waals surface area (Å²) in [6, 6.07) is 51.5. The smallest absolute Gasteiger partial charge is 0.191 e. The van der Waals surface area contributed by atoms with Crippen LogP contribution in [-0.2, 0) is 70.6 Å². The van der Waals surface area contributed by atoms with E-state index in [0.29, 0.717) is 104 Å². The summed E-state index contributed by atoms with van der Waals surface area (Å²) in [6.45, 7) is 1.08. The third-order valence-corrected chi connectivity index (χ3v) is 17.6. The monoisotopic (exact) mass is 1580 g/mol. The van der Waals surface area contributed by atoms with Crippen LogP contribution in [0.4, 0.5) is 0 Å². The number of halogens is 3. The van der Waals surface area contributed by atoms with E-state index in [9.17, 15) is 28.8 Å². The number of aromatic nitrogens is 12. The number of hydrogen-bond acceptors (Lipinski definition) is 24. The Balaban J connectivity index is 0.000000188. The molecule has 6 aromatic carbocycles. The molecule has 0 spiro atoms. The zero-order chi connectivity index (χ0) is 81.1. The zero-order valence-corrected chi connectivity index (χ0v) is 64.4. The lowest BCUT2D eigenvalue weighted by Crippen LogP contribution is -2.08. The first-order valence-electron chi connectivity index (χ1n) is 35.8. The Bertz CT molecular complexity index is 4790. The molecule has 1 atom stereocenters. The highest BCUT2D eigenvalue weighted by Gasteiger charge is 2.14. The second-order valence-electron chi connectivity index (χ2n) is 25.2. The fourth-order valence-electron chi connectivity index (χ4n) is 10.2. The molecule has 0 aliphatic rings. The van der Waals surface area contributed by atoms with Gasteiger partial charge in [-0.05, 0) is 109 Å². The van der Waals surface area contributed by atoms with E-state index in [-0.39, 0.29) is 34.7 Å². The number of carbonyl (C=O) groups is 6. The Labute approximate surface area is 669 Å². The summed E-state index contributed by atoms with van der Waals surface area (Å²) in [6.07, 6.45) is 25.7. The summed E-state index contributed by atoms with van der Waals surface area (Å²) in [5, 5.41) is 54.5. The molecule has 0 saturated heterocycles. The van der Waals surface area contributed by atoms with E-state index in [1.165, 1.54) is 96.6 Å². The molecular weight excluding hydrogens is 1500 g/mol. The molecule has 6 N–H and O–H groups in total. The third-order valence-electron chi connectivity index (χ3n) is 16.8. The fraction of sp³-hybridized carbons (Fsp3) is 0.233.